The molecule has 4 N–H and O–H groups in total. The number of anilines is 4. The molecule has 0 aliphatic carbocycles. The Morgan fingerprint density at radius 1 is 0.307 bits per heavy atom. The Kier molecular flexibility index (Phi) is 15.6. The smallest absolute Gasteiger partial charge is 0.346 e. The molecule has 4 amide bonds. The highest BCUT2D eigenvalue weighted by molar-refractivity contribution is 6.35. The van der Waals surface area contributed by atoms with Gasteiger partial charge in [-0.2, -0.15) is 0 Å². The second-order valence-corrected chi connectivity index (χ2v) is 19.2. The van der Waals surface area contributed by atoms with E-state index in [1.807, 2.05) is 0 Å². The van der Waals surface area contributed by atoms with Crippen LogP contribution < -0.4 is 30.7 Å². The lowest BCUT2D eigenvalue weighted by atomic mass is 10.1. The van der Waals surface area contributed by atoms with E-state index in [2.05, 4.69) is 9.47 Å². The number of hydrogen-bond acceptors (Lipinski definition) is 22. The summed E-state index contributed by atoms with van der Waals surface area (Å²) in [5, 5.41) is 0. The standard InChI is InChI=1S/C44H30N4O10.C20H10O10/c45-27-3-11-31(12-4-27)57-33-15-7-29(8-16-33)47-39(49)35-19-1-25(23-37(35)41(47)51)43(53)55-21-22-56-44(54)26-2-20-36-38(24-26)42(52)48(40(36)50)30-9-17-34(18-10-30)58-32-13-5-28(46)6-14-32;21-15(9-1-3-11-13(7-9)19(25)29-17(11)23)27-5-6-28-16(22)10-2-4-12-14(8-10)20(26)30-18(12)24/h1-20,23-24H,21-22,45-46H2;1-4,7-8H,5-6H2. The molecule has 8 aromatic rings. The summed E-state index contributed by atoms with van der Waals surface area (Å²) in [4.78, 5) is 151. The van der Waals surface area contributed by atoms with Crippen LogP contribution in [0.25, 0.3) is 0 Å². The van der Waals surface area contributed by atoms with Gasteiger partial charge in [0.2, 0.25) is 0 Å². The Bertz CT molecular complexity index is 4040. The summed E-state index contributed by atoms with van der Waals surface area (Å²) in [6.45, 7) is -1.23. The number of amides is 4. The van der Waals surface area contributed by atoms with E-state index in [-0.39, 0.29) is 93.2 Å². The van der Waals surface area contributed by atoms with E-state index in [4.69, 9.17) is 39.9 Å². The predicted molar refractivity (Wildman–Crippen MR) is 303 cm³/mol. The van der Waals surface area contributed by atoms with Gasteiger partial charge in [0, 0.05) is 11.4 Å². The lowest BCUT2D eigenvalue weighted by molar-refractivity contribution is 0.0265. The number of fused-ring (bicyclic) bond motifs is 4. The first kappa shape index (κ1) is 57.2. The molecule has 0 saturated carbocycles. The van der Waals surface area contributed by atoms with Gasteiger partial charge >= 0.3 is 47.8 Å². The molecule has 0 unspecified atom stereocenters. The molecule has 0 atom stereocenters. The number of nitrogens with two attached hydrogens (primary N) is 2. The fourth-order valence-corrected chi connectivity index (χ4v) is 9.17. The molecule has 0 spiro atoms. The van der Waals surface area contributed by atoms with E-state index >= 15 is 0 Å². The fourth-order valence-electron chi connectivity index (χ4n) is 9.17. The highest BCUT2D eigenvalue weighted by Crippen LogP contribution is 2.34. The Morgan fingerprint density at radius 2 is 0.557 bits per heavy atom. The van der Waals surface area contributed by atoms with Crippen molar-refractivity contribution in [2.45, 2.75) is 0 Å². The van der Waals surface area contributed by atoms with E-state index in [9.17, 15) is 57.5 Å². The van der Waals surface area contributed by atoms with Crippen LogP contribution in [0, 0.1) is 0 Å². The van der Waals surface area contributed by atoms with Gasteiger partial charge < -0.3 is 49.4 Å². The first-order valence-electron chi connectivity index (χ1n) is 26.2. The zero-order valence-corrected chi connectivity index (χ0v) is 45.2. The molecule has 24 nitrogen and oxygen atoms in total. The number of esters is 8. The number of carbonyl (C=O) groups excluding carboxylic acids is 12. The maximum absolute atomic E-state index is 13.3. The normalized spacial score (nSPS) is 13.3. The predicted octanol–water partition coefficient (Wildman–Crippen LogP) is 8.37. The monoisotopic (exact) mass is 1180 g/mol. The van der Waals surface area contributed by atoms with E-state index in [1.54, 1.807) is 97.1 Å². The van der Waals surface area contributed by atoms with E-state index < -0.39 is 71.4 Å². The van der Waals surface area contributed by atoms with Crippen LogP contribution in [-0.2, 0) is 28.4 Å². The van der Waals surface area contributed by atoms with Gasteiger partial charge in [0.05, 0.1) is 78.1 Å². The lowest BCUT2D eigenvalue weighted by Gasteiger charge is -2.14. The van der Waals surface area contributed by atoms with E-state index in [0.717, 1.165) is 9.80 Å². The van der Waals surface area contributed by atoms with Gasteiger partial charge in [-0.25, -0.2) is 48.2 Å². The third-order valence-electron chi connectivity index (χ3n) is 13.5. The van der Waals surface area contributed by atoms with Crippen LogP contribution >= 0.6 is 0 Å². The minimum Gasteiger partial charge on any atom is -0.458 e. The van der Waals surface area contributed by atoms with Crippen molar-refractivity contribution in [1.82, 2.24) is 0 Å². The minimum absolute atomic E-state index is 0.00986. The van der Waals surface area contributed by atoms with Crippen molar-refractivity contribution in [2.75, 3.05) is 47.7 Å². The molecular weight excluding hydrogens is 1140 g/mol. The molecule has 0 fully saturated rings. The molecule has 4 aliphatic heterocycles. The summed E-state index contributed by atoms with van der Waals surface area (Å²) >= 11 is 0. The molecular formula is C64H40N4O20. The molecule has 0 saturated heterocycles. The molecule has 24 heteroatoms. The summed E-state index contributed by atoms with van der Waals surface area (Å²) in [5.74, 6) is -6.75. The maximum Gasteiger partial charge on any atom is 0.346 e. The van der Waals surface area contributed by atoms with Crippen LogP contribution in [0.2, 0.25) is 0 Å². The van der Waals surface area contributed by atoms with E-state index in [0.29, 0.717) is 45.7 Å². The summed E-state index contributed by atoms with van der Waals surface area (Å²) in [6, 6.07) is 42.0. The van der Waals surface area contributed by atoms with Gasteiger partial charge in [-0.1, -0.05) is 0 Å². The molecule has 12 rings (SSSR count). The van der Waals surface area contributed by atoms with Gasteiger partial charge in [0.1, 0.15) is 49.4 Å². The SMILES string of the molecule is Nc1ccc(Oc2ccc(N3C(=O)c4ccc(C(=O)OCCOC(=O)c5ccc6c(c5)C(=O)N(c5ccc(Oc7ccc(N)cc7)cc5)C6=O)cc4C3=O)cc2)cc1.O=C(OCCOC(=O)c1ccc2c(c1)C(=O)OC2=O)c1ccc2c(c1)C(=O)OC2=O. The first-order valence-corrected chi connectivity index (χ1v) is 26.2. The Balaban J connectivity index is 0.000000223. The number of hydrogen-bond donors (Lipinski definition) is 2. The van der Waals surface area contributed by atoms with Crippen LogP contribution in [0.4, 0.5) is 22.7 Å². The molecule has 4 aliphatic rings. The van der Waals surface area contributed by atoms with Crippen molar-refractivity contribution in [3.8, 4) is 23.0 Å². The van der Waals surface area contributed by atoms with Crippen molar-refractivity contribution in [2.24, 2.45) is 0 Å². The van der Waals surface area contributed by atoms with Crippen molar-refractivity contribution in [3.05, 3.63) is 237 Å². The highest BCUT2D eigenvalue weighted by atomic mass is 16.6. The number of cyclic esters (lactones) is 4. The van der Waals surface area contributed by atoms with Crippen molar-refractivity contribution >= 4 is 94.1 Å². The maximum atomic E-state index is 13.3. The number of nitrogen functional groups attached to an aromatic ring is 2. The van der Waals surface area contributed by atoms with Crippen LogP contribution in [0.3, 0.4) is 0 Å². The first-order chi connectivity index (χ1) is 42.4. The number of carbonyl (C=O) groups is 12. The Labute approximate surface area is 495 Å². The minimum atomic E-state index is -0.849. The molecule has 436 valence electrons. The Morgan fingerprint density at radius 3 is 0.864 bits per heavy atom. The van der Waals surface area contributed by atoms with Gasteiger partial charge in [-0.3, -0.25) is 19.2 Å². The second-order valence-electron chi connectivity index (χ2n) is 19.2. The summed E-state index contributed by atoms with van der Waals surface area (Å²) in [5.41, 5.74) is 13.6. The average molecular weight is 1190 g/mol. The molecule has 0 aromatic heterocycles. The second kappa shape index (κ2) is 23.9. The third kappa shape index (κ3) is 11.7. The summed E-state index contributed by atoms with van der Waals surface area (Å²) in [7, 11) is 0. The van der Waals surface area contributed by atoms with Gasteiger partial charge in [0.25, 0.3) is 23.6 Å². The summed E-state index contributed by atoms with van der Waals surface area (Å²) < 4.78 is 40.9. The van der Waals surface area contributed by atoms with E-state index in [1.165, 1.54) is 72.8 Å². The van der Waals surface area contributed by atoms with Crippen LogP contribution in [-0.4, -0.2) is 97.8 Å². The molecule has 0 radical (unpaired) electrons. The summed E-state index contributed by atoms with van der Waals surface area (Å²) in [6.07, 6.45) is 0. The topological polar surface area (TPSA) is 337 Å². The number of imide groups is 2. The van der Waals surface area contributed by atoms with Crippen molar-refractivity contribution in [3.63, 3.8) is 0 Å². The number of benzene rings is 8. The van der Waals surface area contributed by atoms with Crippen LogP contribution in [0.5, 0.6) is 23.0 Å². The molecule has 4 heterocycles. The Hall–Kier alpha value is -12.6. The zero-order chi connectivity index (χ0) is 61.9. The van der Waals surface area contributed by atoms with Gasteiger partial charge in [-0.05, 0) is 170 Å². The van der Waals surface area contributed by atoms with Gasteiger partial charge in [-0.15, -0.1) is 0 Å². The van der Waals surface area contributed by atoms with Crippen molar-refractivity contribution in [1.29, 1.82) is 0 Å². The van der Waals surface area contributed by atoms with Crippen LogP contribution in [0.1, 0.15) is 124 Å². The third-order valence-corrected chi connectivity index (χ3v) is 13.5. The highest BCUT2D eigenvalue weighted by Gasteiger charge is 2.39. The quantitative estimate of drug-likeness (QED) is 0.0229. The van der Waals surface area contributed by atoms with Crippen LogP contribution in [0.15, 0.2) is 170 Å². The lowest BCUT2D eigenvalue weighted by Crippen LogP contribution is -2.29. The number of ether oxygens (including phenoxy) is 8. The molecule has 88 heavy (non-hydrogen) atoms. The van der Waals surface area contributed by atoms with Gasteiger partial charge in [0.15, 0.2) is 0 Å². The fraction of sp³-hybridized carbons (Fsp3) is 0.0625. The average Bonchev–Trinajstić information content (AvgIpc) is 2.15. The largest absolute Gasteiger partial charge is 0.458 e. The molecule has 0 bridgehead atoms. The number of rotatable bonds is 16. The number of nitrogens with zero attached hydrogens (tertiary/aromatic N) is 2. The molecule has 8 aromatic carbocycles. The van der Waals surface area contributed by atoms with Crippen molar-refractivity contribution < 1.29 is 95.4 Å². The zero-order valence-electron chi connectivity index (χ0n) is 45.2.